The predicted octanol–water partition coefficient (Wildman–Crippen LogP) is 6.21. The summed E-state index contributed by atoms with van der Waals surface area (Å²) in [6.07, 6.45) is 21.6. The Morgan fingerprint density at radius 1 is 0.760 bits per heavy atom. The van der Waals surface area contributed by atoms with Gasteiger partial charge in [-0.2, -0.15) is 0 Å². The molecule has 0 amide bonds. The van der Waals surface area contributed by atoms with E-state index in [1.165, 1.54) is 57.8 Å². The van der Waals surface area contributed by atoms with Crippen LogP contribution >= 0.6 is 0 Å². The molecule has 25 heavy (non-hydrogen) atoms. The molecule has 4 heteroatoms. The SMILES string of the molecule is C=CC(=O)OOC(=O)CCCCCCC/C=C\CCCCCCCC. The van der Waals surface area contributed by atoms with Crippen molar-refractivity contribution in [2.24, 2.45) is 0 Å². The van der Waals surface area contributed by atoms with E-state index in [4.69, 9.17) is 0 Å². The van der Waals surface area contributed by atoms with Gasteiger partial charge in [0.15, 0.2) is 0 Å². The molecule has 144 valence electrons. The Kier molecular flexibility index (Phi) is 17.6. The standard InChI is InChI=1S/C21H36O4/c1-3-5-6-7-8-9-10-11-12-13-14-15-16-17-18-19-21(23)25-24-20(22)4-2/h4,11-12H,2-3,5-10,13-19H2,1H3/b12-11-. The van der Waals surface area contributed by atoms with Gasteiger partial charge < -0.3 is 0 Å². The average molecular weight is 353 g/mol. The fraction of sp³-hybridized carbons (Fsp3) is 0.714. The van der Waals surface area contributed by atoms with Crippen molar-refractivity contribution in [2.75, 3.05) is 0 Å². The largest absolute Gasteiger partial charge is 0.378 e. The number of hydrogen-bond acceptors (Lipinski definition) is 4. The third kappa shape index (κ3) is 18.6. The van der Waals surface area contributed by atoms with Gasteiger partial charge in [0.2, 0.25) is 0 Å². The zero-order chi connectivity index (χ0) is 18.6. The van der Waals surface area contributed by atoms with Gasteiger partial charge in [0.1, 0.15) is 0 Å². The Bertz CT molecular complexity index is 374. The minimum Gasteiger partial charge on any atom is -0.247 e. The first-order chi connectivity index (χ1) is 12.2. The first-order valence-corrected chi connectivity index (χ1v) is 9.89. The maximum absolute atomic E-state index is 11.3. The third-order valence-corrected chi connectivity index (χ3v) is 4.03. The van der Waals surface area contributed by atoms with E-state index in [-0.39, 0.29) is 6.42 Å². The molecule has 0 rings (SSSR count). The molecule has 0 spiro atoms. The normalized spacial score (nSPS) is 10.8. The molecule has 0 radical (unpaired) electrons. The van der Waals surface area contributed by atoms with Crippen molar-refractivity contribution >= 4 is 11.9 Å². The Labute approximate surface area is 153 Å². The van der Waals surface area contributed by atoms with E-state index in [2.05, 4.69) is 35.4 Å². The molecule has 0 saturated heterocycles. The minimum absolute atomic E-state index is 0.280. The van der Waals surface area contributed by atoms with Crippen molar-refractivity contribution in [1.82, 2.24) is 0 Å². The van der Waals surface area contributed by atoms with Crippen LogP contribution in [-0.4, -0.2) is 11.9 Å². The Morgan fingerprint density at radius 2 is 1.28 bits per heavy atom. The highest BCUT2D eigenvalue weighted by molar-refractivity contribution is 5.81. The average Bonchev–Trinajstić information content (AvgIpc) is 2.62. The highest BCUT2D eigenvalue weighted by Gasteiger charge is 2.06. The van der Waals surface area contributed by atoms with Crippen LogP contribution in [0.2, 0.25) is 0 Å². The van der Waals surface area contributed by atoms with Crippen LogP contribution in [0.25, 0.3) is 0 Å². The monoisotopic (exact) mass is 352 g/mol. The molecule has 0 aromatic heterocycles. The van der Waals surface area contributed by atoms with Crippen LogP contribution in [0.15, 0.2) is 24.8 Å². The smallest absolute Gasteiger partial charge is 0.247 e. The lowest BCUT2D eigenvalue weighted by atomic mass is 10.1. The topological polar surface area (TPSA) is 52.6 Å². The summed E-state index contributed by atoms with van der Waals surface area (Å²) in [5, 5.41) is 0. The third-order valence-electron chi connectivity index (χ3n) is 4.03. The van der Waals surface area contributed by atoms with Crippen molar-refractivity contribution in [1.29, 1.82) is 0 Å². The summed E-state index contributed by atoms with van der Waals surface area (Å²) < 4.78 is 0. The molecule has 0 aromatic rings. The van der Waals surface area contributed by atoms with Gasteiger partial charge in [-0.25, -0.2) is 19.4 Å². The van der Waals surface area contributed by atoms with Gasteiger partial charge in [-0.3, -0.25) is 0 Å². The molecular weight excluding hydrogens is 316 g/mol. The van der Waals surface area contributed by atoms with Crippen LogP contribution in [0.4, 0.5) is 0 Å². The van der Waals surface area contributed by atoms with Crippen molar-refractivity contribution in [3.8, 4) is 0 Å². The highest BCUT2D eigenvalue weighted by Crippen LogP contribution is 2.10. The zero-order valence-corrected chi connectivity index (χ0v) is 16.0. The molecule has 0 heterocycles. The summed E-state index contributed by atoms with van der Waals surface area (Å²) in [5.74, 6) is -1.26. The quantitative estimate of drug-likeness (QED) is 0.109. The van der Waals surface area contributed by atoms with E-state index in [0.717, 1.165) is 31.8 Å². The molecule has 0 fully saturated rings. The lowest BCUT2D eigenvalue weighted by Crippen LogP contribution is -2.08. The van der Waals surface area contributed by atoms with Gasteiger partial charge in [-0.15, -0.1) is 0 Å². The first-order valence-electron chi connectivity index (χ1n) is 9.89. The molecule has 0 aromatic carbocycles. The number of unbranched alkanes of at least 4 members (excludes halogenated alkanes) is 11. The second kappa shape index (κ2) is 18.8. The molecule has 0 bridgehead atoms. The fourth-order valence-corrected chi connectivity index (χ4v) is 2.50. The van der Waals surface area contributed by atoms with Crippen molar-refractivity contribution < 1.29 is 19.4 Å². The summed E-state index contributed by atoms with van der Waals surface area (Å²) >= 11 is 0. The van der Waals surface area contributed by atoms with Crippen molar-refractivity contribution in [3.63, 3.8) is 0 Å². The predicted molar refractivity (Wildman–Crippen MR) is 102 cm³/mol. The number of allylic oxidation sites excluding steroid dienone is 2. The van der Waals surface area contributed by atoms with Crippen LogP contribution in [0.3, 0.4) is 0 Å². The van der Waals surface area contributed by atoms with E-state index < -0.39 is 11.9 Å². The number of rotatable bonds is 16. The summed E-state index contributed by atoms with van der Waals surface area (Å²) in [7, 11) is 0. The fourth-order valence-electron chi connectivity index (χ4n) is 2.50. The van der Waals surface area contributed by atoms with E-state index >= 15 is 0 Å². The maximum Gasteiger partial charge on any atom is 0.378 e. The molecule has 0 aliphatic carbocycles. The second-order valence-electron chi connectivity index (χ2n) is 6.40. The highest BCUT2D eigenvalue weighted by atomic mass is 17.2. The molecule has 4 nitrogen and oxygen atoms in total. The lowest BCUT2D eigenvalue weighted by molar-refractivity contribution is -0.254. The zero-order valence-electron chi connectivity index (χ0n) is 16.0. The van der Waals surface area contributed by atoms with Crippen LogP contribution in [0.5, 0.6) is 0 Å². The van der Waals surface area contributed by atoms with Crippen LogP contribution < -0.4 is 0 Å². The van der Waals surface area contributed by atoms with E-state index in [9.17, 15) is 9.59 Å². The van der Waals surface area contributed by atoms with Gasteiger partial charge in [0, 0.05) is 6.08 Å². The molecular formula is C21H36O4. The minimum atomic E-state index is -0.752. The molecule has 0 unspecified atom stereocenters. The molecule has 0 aliphatic heterocycles. The van der Waals surface area contributed by atoms with Gasteiger partial charge in [0.25, 0.3) is 0 Å². The van der Waals surface area contributed by atoms with Crippen LogP contribution in [-0.2, 0) is 19.4 Å². The van der Waals surface area contributed by atoms with Crippen LogP contribution in [0.1, 0.15) is 96.8 Å². The van der Waals surface area contributed by atoms with Gasteiger partial charge >= 0.3 is 11.9 Å². The van der Waals surface area contributed by atoms with Crippen molar-refractivity contribution in [2.45, 2.75) is 96.8 Å². The van der Waals surface area contributed by atoms with E-state index in [0.29, 0.717) is 0 Å². The van der Waals surface area contributed by atoms with E-state index in [1.807, 2.05) is 0 Å². The Morgan fingerprint density at radius 3 is 1.84 bits per heavy atom. The summed E-state index contributed by atoms with van der Waals surface area (Å²) in [6.45, 7) is 5.46. The van der Waals surface area contributed by atoms with Crippen LogP contribution in [0, 0.1) is 0 Å². The van der Waals surface area contributed by atoms with Crippen molar-refractivity contribution in [3.05, 3.63) is 24.8 Å². The van der Waals surface area contributed by atoms with Gasteiger partial charge in [0.05, 0.1) is 6.42 Å². The van der Waals surface area contributed by atoms with Gasteiger partial charge in [-0.1, -0.05) is 77.0 Å². The molecule has 0 atom stereocenters. The molecule has 0 aliphatic rings. The first kappa shape index (κ1) is 23.4. The number of carbonyl (C=O) groups is 2. The second-order valence-corrected chi connectivity index (χ2v) is 6.40. The number of carbonyl (C=O) groups excluding carboxylic acids is 2. The van der Waals surface area contributed by atoms with E-state index in [1.54, 1.807) is 0 Å². The maximum atomic E-state index is 11.3. The Hall–Kier alpha value is -1.58. The Balaban J connectivity index is 3.25. The number of hydrogen-bond donors (Lipinski definition) is 0. The molecule has 0 N–H and O–H groups in total. The van der Waals surface area contributed by atoms with Gasteiger partial charge in [-0.05, 0) is 32.1 Å². The summed E-state index contributed by atoms with van der Waals surface area (Å²) in [6, 6.07) is 0. The summed E-state index contributed by atoms with van der Waals surface area (Å²) in [4.78, 5) is 30.5. The molecule has 0 saturated carbocycles. The summed E-state index contributed by atoms with van der Waals surface area (Å²) in [5.41, 5.74) is 0. The lowest BCUT2D eigenvalue weighted by Gasteiger charge is -2.01.